The monoisotopic (exact) mass is 412 g/mol. The van der Waals surface area contributed by atoms with Crippen molar-refractivity contribution in [1.82, 2.24) is 9.88 Å². The first-order chi connectivity index (χ1) is 14.2. The predicted molar refractivity (Wildman–Crippen MR) is 114 cm³/mol. The van der Waals surface area contributed by atoms with Crippen LogP contribution in [0, 0.1) is 11.7 Å². The number of fused-ring (bicyclic) bond motifs is 1. The second-order valence-electron chi connectivity index (χ2n) is 7.60. The van der Waals surface area contributed by atoms with E-state index in [0.29, 0.717) is 24.5 Å². The molecule has 4 nitrogen and oxygen atoms in total. The van der Waals surface area contributed by atoms with Crippen molar-refractivity contribution in [2.45, 2.75) is 25.7 Å². The molecule has 29 heavy (non-hydrogen) atoms. The zero-order valence-electron chi connectivity index (χ0n) is 16.4. The third-order valence-corrected chi connectivity index (χ3v) is 6.31. The van der Waals surface area contributed by atoms with Crippen LogP contribution in [-0.4, -0.2) is 41.9 Å². The highest BCUT2D eigenvalue weighted by molar-refractivity contribution is 7.20. The minimum Gasteiger partial charge on any atom is -0.470 e. The van der Waals surface area contributed by atoms with Gasteiger partial charge >= 0.3 is 0 Å². The van der Waals surface area contributed by atoms with Crippen molar-refractivity contribution >= 4 is 27.3 Å². The first kappa shape index (κ1) is 20.0. The zero-order valence-corrected chi connectivity index (χ0v) is 17.2. The number of carbonyl (C=O) groups excluding carboxylic acids is 1. The van der Waals surface area contributed by atoms with Crippen LogP contribution in [0.3, 0.4) is 0 Å². The lowest BCUT2D eigenvalue weighted by molar-refractivity contribution is 0.0960. The van der Waals surface area contributed by atoms with Gasteiger partial charge in [0, 0.05) is 24.4 Å². The fourth-order valence-electron chi connectivity index (χ4n) is 3.84. The maximum Gasteiger partial charge on any atom is 0.274 e. The molecule has 0 aliphatic carbocycles. The smallest absolute Gasteiger partial charge is 0.274 e. The quantitative estimate of drug-likeness (QED) is 0.478. The summed E-state index contributed by atoms with van der Waals surface area (Å²) in [6.07, 6.45) is 3.63. The van der Waals surface area contributed by atoms with Crippen LogP contribution in [0.5, 0.6) is 5.19 Å². The van der Waals surface area contributed by atoms with Gasteiger partial charge in [0.1, 0.15) is 5.82 Å². The Morgan fingerprint density at radius 3 is 2.86 bits per heavy atom. The second kappa shape index (κ2) is 9.46. The second-order valence-corrected chi connectivity index (χ2v) is 8.59. The van der Waals surface area contributed by atoms with Crippen LogP contribution in [0.15, 0.2) is 48.5 Å². The van der Waals surface area contributed by atoms with Gasteiger partial charge in [-0.25, -0.2) is 9.37 Å². The van der Waals surface area contributed by atoms with Gasteiger partial charge in [-0.05, 0) is 68.8 Å². The molecule has 1 saturated heterocycles. The van der Waals surface area contributed by atoms with Gasteiger partial charge < -0.3 is 9.64 Å². The molecule has 0 saturated carbocycles. The Hall–Kier alpha value is -2.31. The molecule has 1 atom stereocenters. The van der Waals surface area contributed by atoms with E-state index in [4.69, 9.17) is 4.74 Å². The number of hydrogen-bond acceptors (Lipinski definition) is 5. The number of ketones is 1. The molecular formula is C23H25FN2O2S. The van der Waals surface area contributed by atoms with Crippen molar-refractivity contribution in [2.24, 2.45) is 5.92 Å². The Morgan fingerprint density at radius 2 is 2.03 bits per heavy atom. The molecule has 0 amide bonds. The molecule has 1 aliphatic heterocycles. The van der Waals surface area contributed by atoms with Gasteiger partial charge in [0.2, 0.25) is 0 Å². The summed E-state index contributed by atoms with van der Waals surface area (Å²) in [6.45, 7) is 3.66. The Bertz CT molecular complexity index is 924. The Morgan fingerprint density at radius 1 is 1.21 bits per heavy atom. The standard InChI is InChI=1S/C23H25FN2O2S/c24-19-11-9-18(10-12-19)21(27)7-4-14-26-13-3-5-17(15-26)16-28-23-25-20-6-1-2-8-22(20)29-23/h1-2,6,8-12,17H,3-5,7,13-16H2. The van der Waals surface area contributed by atoms with Crippen molar-refractivity contribution in [3.8, 4) is 5.19 Å². The molecule has 152 valence electrons. The Labute approximate surface area is 174 Å². The highest BCUT2D eigenvalue weighted by Crippen LogP contribution is 2.28. The fraction of sp³-hybridized carbons (Fsp3) is 0.391. The van der Waals surface area contributed by atoms with Crippen LogP contribution in [0.4, 0.5) is 4.39 Å². The van der Waals surface area contributed by atoms with E-state index in [9.17, 15) is 9.18 Å². The molecule has 0 radical (unpaired) electrons. The summed E-state index contributed by atoms with van der Waals surface area (Å²) < 4.78 is 20.1. The maximum atomic E-state index is 13.0. The minimum absolute atomic E-state index is 0.0812. The molecule has 6 heteroatoms. The number of halogens is 1. The fourth-order valence-corrected chi connectivity index (χ4v) is 4.66. The maximum absolute atomic E-state index is 13.0. The van der Waals surface area contributed by atoms with E-state index in [-0.39, 0.29) is 11.6 Å². The zero-order chi connectivity index (χ0) is 20.1. The topological polar surface area (TPSA) is 42.4 Å². The number of piperidine rings is 1. The van der Waals surface area contributed by atoms with Crippen LogP contribution in [0.1, 0.15) is 36.0 Å². The van der Waals surface area contributed by atoms with E-state index in [2.05, 4.69) is 16.0 Å². The van der Waals surface area contributed by atoms with Crippen LogP contribution in [-0.2, 0) is 0 Å². The molecule has 2 aromatic carbocycles. The number of rotatable bonds is 8. The third-order valence-electron chi connectivity index (χ3n) is 5.36. The molecule has 1 unspecified atom stereocenters. The lowest BCUT2D eigenvalue weighted by atomic mass is 9.98. The summed E-state index contributed by atoms with van der Waals surface area (Å²) in [5, 5.41) is 0.744. The number of thiazole rings is 1. The highest BCUT2D eigenvalue weighted by atomic mass is 32.1. The lowest BCUT2D eigenvalue weighted by Gasteiger charge is -2.32. The average molecular weight is 413 g/mol. The normalized spacial score (nSPS) is 17.5. The predicted octanol–water partition coefficient (Wildman–Crippen LogP) is 5.19. The summed E-state index contributed by atoms with van der Waals surface area (Å²) in [4.78, 5) is 19.2. The number of hydrogen-bond donors (Lipinski definition) is 0. The van der Waals surface area contributed by atoms with Crippen LogP contribution in [0.2, 0.25) is 0 Å². The number of ether oxygens (including phenoxy) is 1. The Kier molecular flexibility index (Phi) is 6.52. The highest BCUT2D eigenvalue weighted by Gasteiger charge is 2.21. The number of nitrogens with zero attached hydrogens (tertiary/aromatic N) is 2. The summed E-state index contributed by atoms with van der Waals surface area (Å²) in [6, 6.07) is 13.9. The largest absolute Gasteiger partial charge is 0.470 e. The summed E-state index contributed by atoms with van der Waals surface area (Å²) in [5.41, 5.74) is 1.58. The average Bonchev–Trinajstić information content (AvgIpc) is 3.16. The molecule has 1 aromatic heterocycles. The van der Waals surface area contributed by atoms with E-state index in [1.165, 1.54) is 12.1 Å². The van der Waals surface area contributed by atoms with Crippen molar-refractivity contribution in [2.75, 3.05) is 26.2 Å². The number of carbonyl (C=O) groups is 1. The van der Waals surface area contributed by atoms with Crippen LogP contribution in [0.25, 0.3) is 10.2 Å². The lowest BCUT2D eigenvalue weighted by Crippen LogP contribution is -2.38. The number of Topliss-reactive ketones (excluding diaryl/α,β-unsaturated/α-hetero) is 1. The number of benzene rings is 2. The summed E-state index contributed by atoms with van der Waals surface area (Å²) in [5.74, 6) is 0.260. The minimum atomic E-state index is -0.311. The van der Waals surface area contributed by atoms with Crippen molar-refractivity contribution < 1.29 is 13.9 Å². The van der Waals surface area contributed by atoms with Gasteiger partial charge in [0.05, 0.1) is 16.8 Å². The van der Waals surface area contributed by atoms with Crippen LogP contribution >= 0.6 is 11.3 Å². The molecule has 0 bridgehead atoms. The molecule has 3 aromatic rings. The number of aromatic nitrogens is 1. The van der Waals surface area contributed by atoms with Gasteiger partial charge in [-0.3, -0.25) is 4.79 Å². The first-order valence-electron chi connectivity index (χ1n) is 10.2. The van der Waals surface area contributed by atoms with Crippen molar-refractivity contribution in [1.29, 1.82) is 0 Å². The molecule has 1 aliphatic rings. The number of para-hydroxylation sites is 1. The van der Waals surface area contributed by atoms with E-state index in [1.807, 2.05) is 18.2 Å². The molecule has 0 N–H and O–H groups in total. The van der Waals surface area contributed by atoms with Crippen LogP contribution < -0.4 is 4.74 Å². The summed E-state index contributed by atoms with van der Waals surface area (Å²) >= 11 is 1.59. The molecule has 1 fully saturated rings. The van der Waals surface area contributed by atoms with Gasteiger partial charge in [-0.15, -0.1) is 0 Å². The van der Waals surface area contributed by atoms with E-state index in [0.717, 1.165) is 54.3 Å². The van der Waals surface area contributed by atoms with Gasteiger partial charge in [-0.1, -0.05) is 23.5 Å². The van der Waals surface area contributed by atoms with Crippen molar-refractivity contribution in [3.05, 3.63) is 59.9 Å². The van der Waals surface area contributed by atoms with Gasteiger partial charge in [0.15, 0.2) is 5.78 Å². The molecule has 0 spiro atoms. The van der Waals surface area contributed by atoms with Gasteiger partial charge in [0.25, 0.3) is 5.19 Å². The third kappa shape index (κ3) is 5.40. The van der Waals surface area contributed by atoms with E-state index in [1.54, 1.807) is 23.5 Å². The van der Waals surface area contributed by atoms with E-state index < -0.39 is 0 Å². The number of likely N-dealkylation sites (tertiary alicyclic amines) is 1. The van der Waals surface area contributed by atoms with Crippen molar-refractivity contribution in [3.63, 3.8) is 0 Å². The molecule has 2 heterocycles. The Balaban J connectivity index is 1.21. The first-order valence-corrected chi connectivity index (χ1v) is 11.0. The molecule has 4 rings (SSSR count). The summed E-state index contributed by atoms with van der Waals surface area (Å²) in [7, 11) is 0. The molecular weight excluding hydrogens is 387 g/mol. The SMILES string of the molecule is O=C(CCCN1CCCC(COc2nc3ccccc3s2)C1)c1ccc(F)cc1. The van der Waals surface area contributed by atoms with E-state index >= 15 is 0 Å². The van der Waals surface area contributed by atoms with Gasteiger partial charge in [-0.2, -0.15) is 0 Å².